The van der Waals surface area contributed by atoms with Gasteiger partial charge in [0.2, 0.25) is 5.91 Å². The Bertz CT molecular complexity index is 987. The molecule has 2 aliphatic heterocycles. The highest BCUT2D eigenvalue weighted by molar-refractivity contribution is 6.33. The Hall–Kier alpha value is -2.31. The number of anilines is 2. The molecule has 166 valence electrons. The number of piperidine rings is 1. The Labute approximate surface area is 187 Å². The molecule has 1 saturated heterocycles. The second-order valence-corrected chi connectivity index (χ2v) is 9.22. The summed E-state index contributed by atoms with van der Waals surface area (Å²) in [7, 11) is 0. The van der Waals surface area contributed by atoms with Crippen LogP contribution in [0.5, 0.6) is 5.75 Å². The Morgan fingerprint density at radius 1 is 1.23 bits per heavy atom. The van der Waals surface area contributed by atoms with Gasteiger partial charge in [-0.2, -0.15) is 0 Å². The molecule has 0 atom stereocenters. The molecule has 0 aliphatic carbocycles. The third-order valence-electron chi connectivity index (χ3n) is 6.26. The number of hydrogen-bond acceptors (Lipinski definition) is 4. The van der Waals surface area contributed by atoms with Gasteiger partial charge in [0.15, 0.2) is 0 Å². The van der Waals surface area contributed by atoms with E-state index < -0.39 is 11.4 Å². The smallest absolute Gasteiger partial charge is 0.224 e. The van der Waals surface area contributed by atoms with Gasteiger partial charge < -0.3 is 20.1 Å². The highest BCUT2D eigenvalue weighted by Crippen LogP contribution is 2.36. The van der Waals surface area contributed by atoms with Gasteiger partial charge in [0, 0.05) is 25.1 Å². The van der Waals surface area contributed by atoms with Crippen molar-refractivity contribution in [1.82, 2.24) is 0 Å². The summed E-state index contributed by atoms with van der Waals surface area (Å²) < 4.78 is 20.0. The van der Waals surface area contributed by atoms with Crippen molar-refractivity contribution in [2.24, 2.45) is 0 Å². The lowest BCUT2D eigenvalue weighted by Crippen LogP contribution is -2.48. The number of rotatable bonds is 5. The fraction of sp³-hybridized carbons (Fsp3) is 0.458. The summed E-state index contributed by atoms with van der Waals surface area (Å²) in [5, 5.41) is 14.4. The van der Waals surface area contributed by atoms with Gasteiger partial charge >= 0.3 is 0 Å². The van der Waals surface area contributed by atoms with Crippen LogP contribution in [0.1, 0.15) is 50.2 Å². The van der Waals surface area contributed by atoms with Crippen LogP contribution in [0.4, 0.5) is 15.8 Å². The zero-order chi connectivity index (χ0) is 22.2. The van der Waals surface area contributed by atoms with Gasteiger partial charge in [-0.05, 0) is 55.0 Å². The molecule has 2 heterocycles. The number of halogens is 2. The van der Waals surface area contributed by atoms with Crippen LogP contribution in [0.2, 0.25) is 5.02 Å². The molecule has 4 rings (SSSR count). The standard InChI is InChI=1S/C24H28ClFN2O3/c1-15(2)16-3-6-20(18(25)13-16)28-11-9-24(30,10-12-28)14-31-21-7-5-19(26)23-17(21)4-8-22(29)27-23/h3,5-7,13,15,30H,4,8-12,14H2,1-2H3,(H,27,29). The van der Waals surface area contributed by atoms with Crippen LogP contribution in [0, 0.1) is 5.82 Å². The van der Waals surface area contributed by atoms with Gasteiger partial charge in [-0.3, -0.25) is 4.79 Å². The molecule has 5 nitrogen and oxygen atoms in total. The normalized spacial score (nSPS) is 18.0. The van der Waals surface area contributed by atoms with Gasteiger partial charge in [0.05, 0.1) is 16.4 Å². The fourth-order valence-corrected chi connectivity index (χ4v) is 4.53. The lowest BCUT2D eigenvalue weighted by molar-refractivity contribution is -0.116. The number of benzene rings is 2. The number of carbonyl (C=O) groups is 1. The van der Waals surface area contributed by atoms with Gasteiger partial charge in [0.1, 0.15) is 23.8 Å². The predicted octanol–water partition coefficient (Wildman–Crippen LogP) is 4.90. The second kappa shape index (κ2) is 8.67. The molecule has 2 N–H and O–H groups in total. The van der Waals surface area contributed by atoms with Crippen molar-refractivity contribution in [3.63, 3.8) is 0 Å². The zero-order valence-electron chi connectivity index (χ0n) is 17.9. The van der Waals surface area contributed by atoms with Crippen molar-refractivity contribution in [2.75, 3.05) is 29.9 Å². The molecule has 2 aromatic rings. The molecule has 2 aromatic carbocycles. The van der Waals surface area contributed by atoms with E-state index in [1.54, 1.807) is 6.07 Å². The van der Waals surface area contributed by atoms with Crippen LogP contribution in [-0.4, -0.2) is 36.3 Å². The summed E-state index contributed by atoms with van der Waals surface area (Å²) in [5.74, 6) is 0.262. The third-order valence-corrected chi connectivity index (χ3v) is 6.56. The molecule has 1 fully saturated rings. The summed E-state index contributed by atoms with van der Waals surface area (Å²) in [6.07, 6.45) is 1.79. The molecule has 0 spiro atoms. The van der Waals surface area contributed by atoms with Crippen LogP contribution < -0.4 is 15.0 Å². The van der Waals surface area contributed by atoms with Crippen molar-refractivity contribution in [3.05, 3.63) is 52.3 Å². The number of aliphatic hydroxyl groups is 1. The van der Waals surface area contributed by atoms with Gasteiger partial charge in [-0.15, -0.1) is 0 Å². The molecule has 2 aliphatic rings. The Kier molecular flexibility index (Phi) is 6.13. The number of nitrogens with one attached hydrogen (secondary N) is 1. The van der Waals surface area contributed by atoms with E-state index in [2.05, 4.69) is 36.2 Å². The number of hydrogen-bond donors (Lipinski definition) is 2. The number of ether oxygens (including phenoxy) is 1. The van der Waals surface area contributed by atoms with E-state index in [-0.39, 0.29) is 18.2 Å². The molecule has 0 saturated carbocycles. The molecule has 0 bridgehead atoms. The maximum Gasteiger partial charge on any atom is 0.224 e. The van der Waals surface area contributed by atoms with Crippen LogP contribution in [-0.2, 0) is 11.2 Å². The largest absolute Gasteiger partial charge is 0.490 e. The minimum absolute atomic E-state index is 0.118. The molecule has 0 radical (unpaired) electrons. The monoisotopic (exact) mass is 446 g/mol. The highest BCUT2D eigenvalue weighted by Gasteiger charge is 2.34. The Balaban J connectivity index is 1.40. The first-order chi connectivity index (χ1) is 14.8. The Morgan fingerprint density at radius 3 is 2.65 bits per heavy atom. The van der Waals surface area contributed by atoms with Crippen molar-refractivity contribution in [3.8, 4) is 5.75 Å². The van der Waals surface area contributed by atoms with Crippen LogP contribution in [0.15, 0.2) is 30.3 Å². The zero-order valence-corrected chi connectivity index (χ0v) is 18.6. The minimum Gasteiger partial charge on any atom is -0.490 e. The number of amides is 1. The number of fused-ring (bicyclic) bond motifs is 1. The molecule has 1 amide bonds. The van der Waals surface area contributed by atoms with E-state index in [4.69, 9.17) is 16.3 Å². The number of carbonyl (C=O) groups excluding carboxylic acids is 1. The van der Waals surface area contributed by atoms with Gasteiger partial charge in [0.25, 0.3) is 0 Å². The topological polar surface area (TPSA) is 61.8 Å². The molecule has 0 aromatic heterocycles. The van der Waals surface area contributed by atoms with Crippen LogP contribution in [0.3, 0.4) is 0 Å². The SMILES string of the molecule is CC(C)c1ccc(N2CCC(O)(COc3ccc(F)c4c3CCC(=O)N4)CC2)c(Cl)c1. The van der Waals surface area contributed by atoms with E-state index >= 15 is 0 Å². The number of nitrogens with zero attached hydrogens (tertiary/aromatic N) is 1. The summed E-state index contributed by atoms with van der Waals surface area (Å²) in [6, 6.07) is 9.03. The summed E-state index contributed by atoms with van der Waals surface area (Å²) >= 11 is 6.52. The van der Waals surface area contributed by atoms with E-state index in [9.17, 15) is 14.3 Å². The highest BCUT2D eigenvalue weighted by atomic mass is 35.5. The quantitative estimate of drug-likeness (QED) is 0.686. The minimum atomic E-state index is -0.972. The lowest BCUT2D eigenvalue weighted by atomic mass is 9.91. The molecule has 0 unspecified atom stereocenters. The van der Waals surface area contributed by atoms with Crippen molar-refractivity contribution >= 4 is 28.9 Å². The van der Waals surface area contributed by atoms with Gasteiger partial charge in [-0.25, -0.2) is 4.39 Å². The molecule has 7 heteroatoms. The average Bonchev–Trinajstić information content (AvgIpc) is 2.74. The summed E-state index contributed by atoms with van der Waals surface area (Å²) in [5.41, 5.74) is 2.06. The summed E-state index contributed by atoms with van der Waals surface area (Å²) in [4.78, 5) is 13.8. The average molecular weight is 447 g/mol. The van der Waals surface area contributed by atoms with E-state index in [0.29, 0.717) is 56.0 Å². The van der Waals surface area contributed by atoms with Crippen LogP contribution in [0.25, 0.3) is 0 Å². The fourth-order valence-electron chi connectivity index (χ4n) is 4.22. The second-order valence-electron chi connectivity index (χ2n) is 8.81. The van der Waals surface area contributed by atoms with Crippen molar-refractivity contribution in [2.45, 2.75) is 51.0 Å². The maximum absolute atomic E-state index is 14.1. The molecular formula is C24H28ClFN2O3. The first kappa shape index (κ1) is 21.9. The van der Waals surface area contributed by atoms with Crippen molar-refractivity contribution in [1.29, 1.82) is 0 Å². The van der Waals surface area contributed by atoms with E-state index in [1.807, 2.05) is 6.07 Å². The lowest BCUT2D eigenvalue weighted by Gasteiger charge is -2.39. The Morgan fingerprint density at radius 2 is 1.97 bits per heavy atom. The molecule has 31 heavy (non-hydrogen) atoms. The summed E-state index contributed by atoms with van der Waals surface area (Å²) in [6.45, 7) is 5.72. The molecular weight excluding hydrogens is 419 g/mol. The maximum atomic E-state index is 14.1. The van der Waals surface area contributed by atoms with Gasteiger partial charge in [-0.1, -0.05) is 31.5 Å². The van der Waals surface area contributed by atoms with E-state index in [0.717, 1.165) is 10.7 Å². The first-order valence-electron chi connectivity index (χ1n) is 10.8. The van der Waals surface area contributed by atoms with Crippen molar-refractivity contribution < 1.29 is 19.0 Å². The third kappa shape index (κ3) is 4.65. The predicted molar refractivity (Wildman–Crippen MR) is 121 cm³/mol. The van der Waals surface area contributed by atoms with E-state index in [1.165, 1.54) is 11.6 Å². The van der Waals surface area contributed by atoms with Crippen LogP contribution >= 0.6 is 11.6 Å². The first-order valence-corrected chi connectivity index (χ1v) is 11.1.